The zero-order valence-corrected chi connectivity index (χ0v) is 61.6. The number of phosphoric ester groups is 2. The predicted molar refractivity (Wildman–Crippen MR) is 376 cm³/mol. The van der Waals surface area contributed by atoms with Crippen molar-refractivity contribution in [2.75, 3.05) is 26.4 Å². The molecular formula is C73H122O22P2. The van der Waals surface area contributed by atoms with Gasteiger partial charge in [-0.1, -0.05) is 128 Å². The maximum atomic E-state index is 13.0. The molecule has 3 saturated heterocycles. The highest BCUT2D eigenvalue weighted by Crippen LogP contribution is 2.61. The third-order valence-electron chi connectivity index (χ3n) is 17.6. The summed E-state index contributed by atoms with van der Waals surface area (Å²) in [4.78, 5) is 20.7. The summed E-state index contributed by atoms with van der Waals surface area (Å²) in [6.07, 6.45) is 16.8. The van der Waals surface area contributed by atoms with E-state index in [1.807, 2.05) is 0 Å². The Labute approximate surface area is 578 Å². The summed E-state index contributed by atoms with van der Waals surface area (Å²) < 4.78 is 67.1. The second kappa shape index (κ2) is 46.4. The van der Waals surface area contributed by atoms with E-state index in [0.29, 0.717) is 12.8 Å². The van der Waals surface area contributed by atoms with Crippen molar-refractivity contribution in [1.82, 2.24) is 0 Å². The minimum absolute atomic E-state index is 0.505. The lowest BCUT2D eigenvalue weighted by Gasteiger charge is -2.48. The highest BCUT2D eigenvalue weighted by Gasteiger charge is 2.55. The molecule has 556 valence electrons. The fourth-order valence-electron chi connectivity index (χ4n) is 11.2. The second-order valence-electron chi connectivity index (χ2n) is 26.9. The van der Waals surface area contributed by atoms with Crippen molar-refractivity contribution in [2.24, 2.45) is 0 Å². The number of ether oxygens (including phenoxy) is 5. The number of aliphatic hydroxyl groups is 10. The number of allylic oxidation sites excluding steroid dienone is 21. The molecule has 17 atom stereocenters. The van der Waals surface area contributed by atoms with Crippen LogP contribution in [0.1, 0.15) is 212 Å². The zero-order valence-electron chi connectivity index (χ0n) is 59.8. The number of hydrogen-bond acceptors (Lipinski definition) is 20. The highest BCUT2D eigenvalue weighted by atomic mass is 31.3. The standard InChI is InChI=1S/C73H122O22P2/c1-48(2)23-13-24-49(3)25-14-26-50(4)27-15-28-51(5)29-16-30-52(6)31-17-32-53(7)33-18-34-54(8)35-19-36-55(9)37-20-38-56(10)39-21-40-57(11)41-22-42-58(12)43-44-88-96(84,85)95-97(86,87)94-73-67(82)65(80)69(61(47-76)91-73)92-72-68(83)70(63(78)60(46-75)90-72)93-71-66(81)64(79)62(77)59(45-74)89-71/h23,25,27,29,31,33,35,37,39,41,43,59-83H,13-22,24,26,28,30,32,34,36,38,40,42,44-47H2,1-12H3,(H,84,85)(H,86,87)/b49-25+,50-27+,51-29-,52-31-,53-33-,54-35-,55-37-,56-39-,57-41-,58-43-/t59-,60-,61-,62-,63-,64+,65-,66+,67-,68-,69-,70+,71-,72+,73-/m1/s1. The summed E-state index contributed by atoms with van der Waals surface area (Å²) in [5.41, 5.74) is 15.0. The van der Waals surface area contributed by atoms with Crippen LogP contribution in [0.2, 0.25) is 0 Å². The smallest absolute Gasteiger partial charge is 0.394 e. The summed E-state index contributed by atoms with van der Waals surface area (Å²) in [6.45, 7) is 22.8. The minimum atomic E-state index is -5.67. The fourth-order valence-corrected chi connectivity index (χ4v) is 13.3. The van der Waals surface area contributed by atoms with Crippen molar-refractivity contribution in [3.05, 3.63) is 128 Å². The van der Waals surface area contributed by atoms with Gasteiger partial charge < -0.3 is 84.5 Å². The van der Waals surface area contributed by atoms with Crippen LogP contribution in [-0.2, 0) is 46.2 Å². The lowest BCUT2D eigenvalue weighted by atomic mass is 9.96. The van der Waals surface area contributed by atoms with E-state index in [-0.39, 0.29) is 0 Å². The van der Waals surface area contributed by atoms with Gasteiger partial charge in [-0.05, 0) is 212 Å². The van der Waals surface area contributed by atoms with Crippen LogP contribution in [0, 0.1) is 0 Å². The van der Waals surface area contributed by atoms with Crippen LogP contribution in [0.4, 0.5) is 0 Å². The molecule has 0 bridgehead atoms. The quantitative estimate of drug-likeness (QED) is 0.0199. The van der Waals surface area contributed by atoms with Crippen LogP contribution in [0.5, 0.6) is 0 Å². The molecule has 0 spiro atoms. The summed E-state index contributed by atoms with van der Waals surface area (Å²) in [6, 6.07) is 0. The van der Waals surface area contributed by atoms with Crippen LogP contribution in [-0.4, -0.2) is 179 Å². The maximum Gasteiger partial charge on any atom is 0.483 e. The largest absolute Gasteiger partial charge is 0.483 e. The first-order chi connectivity index (χ1) is 45.8. The Morgan fingerprint density at radius 1 is 0.330 bits per heavy atom. The van der Waals surface area contributed by atoms with Crippen LogP contribution >= 0.6 is 15.6 Å². The topological polar surface area (TPSA) is 351 Å². The van der Waals surface area contributed by atoms with Gasteiger partial charge in [0.2, 0.25) is 0 Å². The molecule has 3 rings (SSSR count). The molecule has 0 aromatic carbocycles. The van der Waals surface area contributed by atoms with Crippen LogP contribution in [0.3, 0.4) is 0 Å². The SMILES string of the molecule is CC(C)=CCC/C(C)=C/CC/C(C)=C/CC/C(C)=C\CC/C(C)=C\CC/C(C)=C\CC/C(C)=C\CC/C(C)=C\CC/C(C)=C\CC/C(C)=C\CC/C(C)=C\COP(=O)(O)OP(=O)(O)O[C@H]1O[C@H](CO)[C@@H](O[C@@H]2O[C@H](CO)[C@@H](O)[C@H](O[C@H]3O[C@H](CO)[C@@H](O)[C@H](O)[C@@H]3O)[C@H]2O)[C@H](O)[C@H]1O. The summed E-state index contributed by atoms with van der Waals surface area (Å²) in [5.74, 6) is 0. The van der Waals surface area contributed by atoms with Crippen molar-refractivity contribution in [3.8, 4) is 0 Å². The zero-order chi connectivity index (χ0) is 72.4. The van der Waals surface area contributed by atoms with Gasteiger partial charge in [-0.15, -0.1) is 0 Å². The monoisotopic (exact) mass is 1410 g/mol. The molecule has 97 heavy (non-hydrogen) atoms. The fraction of sp³-hybridized carbons (Fsp3) is 0.699. The van der Waals surface area contributed by atoms with E-state index >= 15 is 0 Å². The molecule has 0 amide bonds. The molecule has 24 heteroatoms. The summed E-state index contributed by atoms with van der Waals surface area (Å²) >= 11 is 0. The molecule has 0 aromatic heterocycles. The Kier molecular flexibility index (Phi) is 42.1. The van der Waals surface area contributed by atoms with Crippen molar-refractivity contribution in [3.63, 3.8) is 0 Å². The molecule has 3 fully saturated rings. The lowest BCUT2D eigenvalue weighted by molar-refractivity contribution is -0.378. The molecular weight excluding hydrogens is 1290 g/mol. The first-order valence-corrected chi connectivity index (χ1v) is 37.6. The van der Waals surface area contributed by atoms with Crippen LogP contribution in [0.25, 0.3) is 0 Å². The van der Waals surface area contributed by atoms with Gasteiger partial charge in [0.05, 0.1) is 26.4 Å². The van der Waals surface area contributed by atoms with E-state index in [0.717, 1.165) is 121 Å². The lowest BCUT2D eigenvalue weighted by Crippen LogP contribution is -2.66. The van der Waals surface area contributed by atoms with Gasteiger partial charge in [-0.2, -0.15) is 4.31 Å². The molecule has 2 unspecified atom stereocenters. The Morgan fingerprint density at radius 2 is 0.619 bits per heavy atom. The average molecular weight is 1410 g/mol. The van der Waals surface area contributed by atoms with Gasteiger partial charge in [0.15, 0.2) is 18.9 Å². The normalized spacial score (nSPS) is 29.4. The Bertz CT molecular complexity index is 2790. The van der Waals surface area contributed by atoms with Gasteiger partial charge >= 0.3 is 15.6 Å². The van der Waals surface area contributed by atoms with Gasteiger partial charge in [0, 0.05) is 0 Å². The van der Waals surface area contributed by atoms with E-state index < -0.39 is 134 Å². The van der Waals surface area contributed by atoms with Crippen LogP contribution < -0.4 is 0 Å². The minimum Gasteiger partial charge on any atom is -0.394 e. The highest BCUT2D eigenvalue weighted by molar-refractivity contribution is 7.61. The first-order valence-electron chi connectivity index (χ1n) is 34.6. The third kappa shape index (κ3) is 34.6. The number of aliphatic hydroxyl groups excluding tert-OH is 10. The first kappa shape index (κ1) is 88.0. The van der Waals surface area contributed by atoms with Crippen molar-refractivity contribution < 1.29 is 107 Å². The third-order valence-corrected chi connectivity index (χ3v) is 20.2. The predicted octanol–water partition coefficient (Wildman–Crippen LogP) is 11.9. The second-order valence-corrected chi connectivity index (χ2v) is 29.9. The van der Waals surface area contributed by atoms with E-state index in [4.69, 9.17) is 32.7 Å². The number of hydrogen-bond donors (Lipinski definition) is 12. The summed E-state index contributed by atoms with van der Waals surface area (Å²) in [7, 11) is -11.0. The Balaban J connectivity index is 1.31. The van der Waals surface area contributed by atoms with Gasteiger partial charge in [-0.25, -0.2) is 9.13 Å². The van der Waals surface area contributed by atoms with Crippen molar-refractivity contribution in [2.45, 2.75) is 304 Å². The molecule has 3 aliphatic rings. The molecule has 22 nitrogen and oxygen atoms in total. The molecule has 0 radical (unpaired) electrons. The molecule has 3 aliphatic heterocycles. The van der Waals surface area contributed by atoms with Gasteiger partial charge in [-0.3, -0.25) is 9.05 Å². The van der Waals surface area contributed by atoms with E-state index in [1.54, 1.807) is 6.92 Å². The molecule has 0 saturated carbocycles. The maximum absolute atomic E-state index is 13.0. The number of rotatable bonds is 44. The average Bonchev–Trinajstić information content (AvgIpc) is 0.783. The van der Waals surface area contributed by atoms with Gasteiger partial charge in [0.1, 0.15) is 73.2 Å². The Hall–Kier alpha value is -3.20. The molecule has 0 aliphatic carbocycles. The van der Waals surface area contributed by atoms with E-state index in [1.165, 1.54) is 61.8 Å². The van der Waals surface area contributed by atoms with Gasteiger partial charge in [0.25, 0.3) is 0 Å². The van der Waals surface area contributed by atoms with Crippen molar-refractivity contribution in [1.29, 1.82) is 0 Å². The van der Waals surface area contributed by atoms with Crippen molar-refractivity contribution >= 4 is 15.6 Å². The Morgan fingerprint density at radius 3 is 0.959 bits per heavy atom. The van der Waals surface area contributed by atoms with Crippen LogP contribution in [0.15, 0.2) is 128 Å². The molecule has 0 aromatic rings. The summed E-state index contributed by atoms with van der Waals surface area (Å²) in [5, 5.41) is 104. The van der Waals surface area contributed by atoms with E-state index in [9.17, 15) is 70.0 Å². The van der Waals surface area contributed by atoms with E-state index in [2.05, 4.69) is 141 Å². The number of phosphoric acid groups is 2. The molecule has 3 heterocycles. The molecule has 12 N–H and O–H groups in total.